The van der Waals surface area contributed by atoms with Crippen molar-refractivity contribution in [3.8, 4) is 5.88 Å². The Hall–Kier alpha value is -2.38. The second-order valence-electron chi connectivity index (χ2n) is 4.95. The number of ether oxygens (including phenoxy) is 2. The molecule has 0 bridgehead atoms. The lowest BCUT2D eigenvalue weighted by atomic mass is 10.3. The van der Waals surface area contributed by atoms with Gasteiger partial charge in [0.1, 0.15) is 19.3 Å². The van der Waals surface area contributed by atoms with Crippen LogP contribution < -0.4 is 4.74 Å². The molecule has 3 rings (SSSR count). The highest BCUT2D eigenvalue weighted by Crippen LogP contribution is 2.16. The largest absolute Gasteiger partial charge is 0.471 e. The fourth-order valence-corrected chi connectivity index (χ4v) is 2.40. The molecule has 2 aliphatic heterocycles. The van der Waals surface area contributed by atoms with Gasteiger partial charge >= 0.3 is 6.09 Å². The van der Waals surface area contributed by atoms with Crippen LogP contribution in [0.5, 0.6) is 5.88 Å². The van der Waals surface area contributed by atoms with Crippen molar-refractivity contribution in [2.75, 3.05) is 32.8 Å². The second kappa shape index (κ2) is 5.94. The lowest BCUT2D eigenvalue weighted by molar-refractivity contribution is -0.130. The first-order valence-corrected chi connectivity index (χ1v) is 6.84. The molecular formula is C13H16N4O4. The summed E-state index contributed by atoms with van der Waals surface area (Å²) in [7, 11) is 0. The first-order chi connectivity index (χ1) is 10.2. The number of hydrogen-bond donors (Lipinski definition) is 0. The highest BCUT2D eigenvalue weighted by atomic mass is 16.6. The summed E-state index contributed by atoms with van der Waals surface area (Å²) >= 11 is 0. The zero-order chi connectivity index (χ0) is 14.7. The maximum Gasteiger partial charge on any atom is 0.410 e. The van der Waals surface area contributed by atoms with Gasteiger partial charge in [-0.15, -0.1) is 0 Å². The van der Waals surface area contributed by atoms with Crippen LogP contribution in [0.25, 0.3) is 0 Å². The minimum absolute atomic E-state index is 0.0662. The number of nitrogens with zero attached hydrogens (tertiary/aromatic N) is 4. The van der Waals surface area contributed by atoms with E-state index in [4.69, 9.17) is 9.47 Å². The molecule has 2 fully saturated rings. The zero-order valence-electron chi connectivity index (χ0n) is 11.5. The molecule has 0 saturated carbocycles. The molecule has 2 saturated heterocycles. The molecule has 1 unspecified atom stereocenters. The third-order valence-electron chi connectivity index (χ3n) is 3.50. The molecule has 1 aromatic heterocycles. The average molecular weight is 292 g/mol. The van der Waals surface area contributed by atoms with Gasteiger partial charge in [0.2, 0.25) is 11.8 Å². The Morgan fingerprint density at radius 1 is 1.43 bits per heavy atom. The number of aromatic nitrogens is 2. The molecule has 8 nitrogen and oxygen atoms in total. The van der Waals surface area contributed by atoms with Gasteiger partial charge in [0.15, 0.2) is 0 Å². The number of carbonyl (C=O) groups excluding carboxylic acids is 2. The predicted octanol–water partition coefficient (Wildman–Crippen LogP) is -0.0915. The first-order valence-electron chi connectivity index (χ1n) is 6.84. The summed E-state index contributed by atoms with van der Waals surface area (Å²) in [4.78, 5) is 34.6. The molecular weight excluding hydrogens is 276 g/mol. The number of amides is 2. The molecule has 1 aromatic rings. The second-order valence-corrected chi connectivity index (χ2v) is 4.95. The quantitative estimate of drug-likeness (QED) is 0.771. The number of rotatable bonds is 4. The summed E-state index contributed by atoms with van der Waals surface area (Å²) in [5.41, 5.74) is 0. The van der Waals surface area contributed by atoms with Gasteiger partial charge < -0.3 is 14.4 Å². The van der Waals surface area contributed by atoms with Crippen LogP contribution in [-0.2, 0) is 9.53 Å². The van der Waals surface area contributed by atoms with E-state index in [0.29, 0.717) is 32.1 Å². The molecule has 0 radical (unpaired) electrons. The SMILES string of the molecule is O=C(CN1CCOC1=O)N1CCC(Oc2cnccn2)C1. The fraction of sp³-hybridized carbons (Fsp3) is 0.538. The molecule has 8 heteroatoms. The van der Waals surface area contributed by atoms with Crippen molar-refractivity contribution in [2.24, 2.45) is 0 Å². The molecule has 0 N–H and O–H groups in total. The predicted molar refractivity (Wildman–Crippen MR) is 70.6 cm³/mol. The van der Waals surface area contributed by atoms with Crippen molar-refractivity contribution in [1.82, 2.24) is 19.8 Å². The van der Waals surface area contributed by atoms with E-state index in [-0.39, 0.29) is 18.6 Å². The van der Waals surface area contributed by atoms with E-state index in [1.165, 1.54) is 4.90 Å². The number of hydrogen-bond acceptors (Lipinski definition) is 6. The van der Waals surface area contributed by atoms with Crippen molar-refractivity contribution in [3.05, 3.63) is 18.6 Å². The monoisotopic (exact) mass is 292 g/mol. The van der Waals surface area contributed by atoms with Crippen LogP contribution >= 0.6 is 0 Å². The van der Waals surface area contributed by atoms with Gasteiger partial charge in [0.25, 0.3) is 0 Å². The summed E-state index contributed by atoms with van der Waals surface area (Å²) in [6.45, 7) is 2.00. The fourth-order valence-electron chi connectivity index (χ4n) is 2.40. The molecule has 2 aliphatic rings. The normalized spacial score (nSPS) is 21.5. The van der Waals surface area contributed by atoms with Gasteiger partial charge in [0, 0.05) is 25.4 Å². The Morgan fingerprint density at radius 3 is 3.05 bits per heavy atom. The minimum atomic E-state index is -0.421. The molecule has 0 aromatic carbocycles. The molecule has 2 amide bonds. The lowest BCUT2D eigenvalue weighted by Crippen LogP contribution is -2.40. The molecule has 3 heterocycles. The van der Waals surface area contributed by atoms with Crippen LogP contribution in [0.15, 0.2) is 18.6 Å². The van der Waals surface area contributed by atoms with Gasteiger partial charge in [-0.05, 0) is 0 Å². The number of likely N-dealkylation sites (tertiary alicyclic amines) is 1. The Kier molecular flexibility index (Phi) is 3.85. The van der Waals surface area contributed by atoms with Crippen molar-refractivity contribution >= 4 is 12.0 Å². The maximum absolute atomic E-state index is 12.1. The topological polar surface area (TPSA) is 84.9 Å². The first kappa shape index (κ1) is 13.6. The van der Waals surface area contributed by atoms with E-state index in [9.17, 15) is 9.59 Å². The zero-order valence-corrected chi connectivity index (χ0v) is 11.5. The van der Waals surface area contributed by atoms with Crippen LogP contribution in [0, 0.1) is 0 Å². The molecule has 112 valence electrons. The van der Waals surface area contributed by atoms with Gasteiger partial charge in [-0.3, -0.25) is 14.7 Å². The maximum atomic E-state index is 12.1. The third kappa shape index (κ3) is 3.21. The summed E-state index contributed by atoms with van der Waals surface area (Å²) in [5.74, 6) is 0.374. The highest BCUT2D eigenvalue weighted by molar-refractivity contribution is 5.83. The summed E-state index contributed by atoms with van der Waals surface area (Å²) in [6, 6.07) is 0. The smallest absolute Gasteiger partial charge is 0.410 e. The Balaban J connectivity index is 1.50. The van der Waals surface area contributed by atoms with Crippen LogP contribution in [-0.4, -0.2) is 70.7 Å². The van der Waals surface area contributed by atoms with E-state index in [1.807, 2.05) is 0 Å². The van der Waals surface area contributed by atoms with E-state index in [1.54, 1.807) is 23.5 Å². The van der Waals surface area contributed by atoms with E-state index < -0.39 is 6.09 Å². The Bertz CT molecular complexity index is 524. The summed E-state index contributed by atoms with van der Waals surface area (Å²) in [6.07, 6.45) is 4.92. The van der Waals surface area contributed by atoms with Gasteiger partial charge in [-0.2, -0.15) is 0 Å². The Morgan fingerprint density at radius 2 is 2.33 bits per heavy atom. The third-order valence-corrected chi connectivity index (χ3v) is 3.50. The van der Waals surface area contributed by atoms with Crippen molar-refractivity contribution in [1.29, 1.82) is 0 Å². The molecule has 0 aliphatic carbocycles. The highest BCUT2D eigenvalue weighted by Gasteiger charge is 2.31. The van der Waals surface area contributed by atoms with E-state index >= 15 is 0 Å². The standard InChI is InChI=1S/C13H16N4O4/c18-12(9-17-5-6-20-13(17)19)16-4-1-10(8-16)21-11-7-14-2-3-15-11/h2-3,7,10H,1,4-6,8-9H2. The minimum Gasteiger partial charge on any atom is -0.471 e. The number of carbonyl (C=O) groups is 2. The van der Waals surface area contributed by atoms with Crippen LogP contribution in [0.4, 0.5) is 4.79 Å². The van der Waals surface area contributed by atoms with Crippen molar-refractivity contribution < 1.29 is 19.1 Å². The number of cyclic esters (lactones) is 1. The van der Waals surface area contributed by atoms with Crippen LogP contribution in [0.1, 0.15) is 6.42 Å². The van der Waals surface area contributed by atoms with E-state index in [0.717, 1.165) is 6.42 Å². The molecule has 21 heavy (non-hydrogen) atoms. The van der Waals surface area contributed by atoms with E-state index in [2.05, 4.69) is 9.97 Å². The van der Waals surface area contributed by atoms with Crippen molar-refractivity contribution in [3.63, 3.8) is 0 Å². The van der Waals surface area contributed by atoms with Gasteiger partial charge in [-0.1, -0.05) is 0 Å². The molecule has 0 spiro atoms. The summed E-state index contributed by atoms with van der Waals surface area (Å²) in [5, 5.41) is 0. The molecule has 1 atom stereocenters. The van der Waals surface area contributed by atoms with Crippen LogP contribution in [0.2, 0.25) is 0 Å². The van der Waals surface area contributed by atoms with Gasteiger partial charge in [-0.25, -0.2) is 9.78 Å². The Labute approximate surface area is 121 Å². The van der Waals surface area contributed by atoms with Gasteiger partial charge in [0.05, 0.1) is 19.3 Å². The average Bonchev–Trinajstić information content (AvgIpc) is 3.10. The summed E-state index contributed by atoms with van der Waals surface area (Å²) < 4.78 is 10.5. The van der Waals surface area contributed by atoms with Crippen molar-refractivity contribution in [2.45, 2.75) is 12.5 Å². The van der Waals surface area contributed by atoms with Crippen LogP contribution in [0.3, 0.4) is 0 Å². The lowest BCUT2D eigenvalue weighted by Gasteiger charge is -2.19.